The smallest absolute Gasteiger partial charge is 0.303 e. The fourth-order valence-corrected chi connectivity index (χ4v) is 2.80. The van der Waals surface area contributed by atoms with Crippen molar-refractivity contribution in [3.8, 4) is 0 Å². The van der Waals surface area contributed by atoms with Crippen molar-refractivity contribution in [2.24, 2.45) is 0 Å². The monoisotopic (exact) mass is 258 g/mol. The molecule has 4 nitrogen and oxygen atoms in total. The summed E-state index contributed by atoms with van der Waals surface area (Å²) in [5.41, 5.74) is 2.52. The first-order valence-corrected chi connectivity index (χ1v) is 6.77. The number of aromatic nitrogens is 1. The van der Waals surface area contributed by atoms with Gasteiger partial charge in [0.05, 0.1) is 6.67 Å². The van der Waals surface area contributed by atoms with Crippen molar-refractivity contribution in [1.82, 2.24) is 9.47 Å². The summed E-state index contributed by atoms with van der Waals surface area (Å²) >= 11 is 0. The largest absolute Gasteiger partial charge is 0.481 e. The molecule has 0 amide bonds. The number of fused-ring (bicyclic) bond motifs is 2. The third-order valence-corrected chi connectivity index (χ3v) is 3.83. The quantitative estimate of drug-likeness (QED) is 0.826. The van der Waals surface area contributed by atoms with Crippen LogP contribution in [-0.4, -0.2) is 26.6 Å². The molecule has 1 aromatic heterocycles. The van der Waals surface area contributed by atoms with Gasteiger partial charge in [-0.3, -0.25) is 4.79 Å². The second-order valence-corrected chi connectivity index (χ2v) is 5.15. The molecule has 0 aromatic carbocycles. The van der Waals surface area contributed by atoms with Gasteiger partial charge >= 0.3 is 5.97 Å². The van der Waals surface area contributed by atoms with Crippen molar-refractivity contribution < 1.29 is 9.90 Å². The first-order valence-electron chi connectivity index (χ1n) is 6.77. The zero-order chi connectivity index (χ0) is 13.2. The second-order valence-electron chi connectivity index (χ2n) is 5.15. The molecule has 0 bridgehead atoms. The summed E-state index contributed by atoms with van der Waals surface area (Å²) < 4.78 is 2.24. The van der Waals surface area contributed by atoms with E-state index in [0.717, 1.165) is 25.9 Å². The maximum atomic E-state index is 10.5. The minimum atomic E-state index is -0.697. The lowest BCUT2D eigenvalue weighted by molar-refractivity contribution is -0.137. The van der Waals surface area contributed by atoms with E-state index < -0.39 is 5.97 Å². The van der Waals surface area contributed by atoms with Crippen LogP contribution in [0.15, 0.2) is 36.2 Å². The second kappa shape index (κ2) is 4.96. The number of unbranched alkanes of at least 4 members (excludes halogenated alkanes) is 1. The minimum Gasteiger partial charge on any atom is -0.481 e. The zero-order valence-corrected chi connectivity index (χ0v) is 10.8. The van der Waals surface area contributed by atoms with Crippen LogP contribution in [0.5, 0.6) is 0 Å². The molecule has 2 aliphatic rings. The van der Waals surface area contributed by atoms with Crippen molar-refractivity contribution in [3.63, 3.8) is 0 Å². The summed E-state index contributed by atoms with van der Waals surface area (Å²) in [5.74, 6) is -0.697. The maximum absolute atomic E-state index is 10.5. The predicted molar refractivity (Wildman–Crippen MR) is 73.3 cm³/mol. The van der Waals surface area contributed by atoms with Crippen LogP contribution in [0.1, 0.15) is 31.4 Å². The van der Waals surface area contributed by atoms with E-state index in [9.17, 15) is 4.79 Å². The van der Waals surface area contributed by atoms with Crippen LogP contribution in [0.2, 0.25) is 0 Å². The molecule has 4 heteroatoms. The van der Waals surface area contributed by atoms with Gasteiger partial charge in [0.25, 0.3) is 0 Å². The first kappa shape index (κ1) is 12.1. The van der Waals surface area contributed by atoms with Gasteiger partial charge < -0.3 is 14.6 Å². The van der Waals surface area contributed by atoms with Crippen molar-refractivity contribution in [3.05, 3.63) is 41.9 Å². The molecule has 3 heterocycles. The standard InChI is InChI=1S/C15H18N2O2/c18-15(19)6-2-1-4-12-7-8-14-10-13-5-3-9-16(13)11-17(12)14/h3,5,7-10,12H,1-2,4,6,11H2,(H,18,19). The van der Waals surface area contributed by atoms with E-state index in [1.807, 2.05) is 0 Å². The summed E-state index contributed by atoms with van der Waals surface area (Å²) in [5, 5.41) is 8.64. The molecule has 1 atom stereocenters. The topological polar surface area (TPSA) is 45.5 Å². The number of hydrogen-bond donors (Lipinski definition) is 1. The van der Waals surface area contributed by atoms with Gasteiger partial charge in [0.1, 0.15) is 0 Å². The molecule has 1 aromatic rings. The summed E-state index contributed by atoms with van der Waals surface area (Å²) in [4.78, 5) is 12.9. The predicted octanol–water partition coefficient (Wildman–Crippen LogP) is 2.69. The Hall–Kier alpha value is -1.97. The maximum Gasteiger partial charge on any atom is 0.303 e. The molecule has 0 radical (unpaired) electrons. The Morgan fingerprint density at radius 2 is 2.32 bits per heavy atom. The Bertz CT molecular complexity index is 542. The molecular weight excluding hydrogens is 240 g/mol. The van der Waals surface area contributed by atoms with E-state index in [2.05, 4.69) is 46.0 Å². The number of aliphatic carboxylic acids is 1. The van der Waals surface area contributed by atoms with E-state index in [0.29, 0.717) is 6.04 Å². The van der Waals surface area contributed by atoms with Gasteiger partial charge in [-0.1, -0.05) is 12.5 Å². The van der Waals surface area contributed by atoms with Gasteiger partial charge in [0.2, 0.25) is 0 Å². The number of nitrogens with zero attached hydrogens (tertiary/aromatic N) is 2. The Balaban J connectivity index is 1.59. The van der Waals surface area contributed by atoms with Crippen LogP contribution in [0, 0.1) is 0 Å². The summed E-state index contributed by atoms with van der Waals surface area (Å²) in [6.07, 6.45) is 11.8. The highest BCUT2D eigenvalue weighted by Crippen LogP contribution is 2.30. The Kier molecular flexibility index (Phi) is 3.15. The van der Waals surface area contributed by atoms with Gasteiger partial charge in [-0.05, 0) is 37.1 Å². The SMILES string of the molecule is O=C(O)CCCCC1C=CC2=Cc3cccn3CN21. The average Bonchev–Trinajstić information content (AvgIpc) is 2.98. The van der Waals surface area contributed by atoms with Crippen LogP contribution < -0.4 is 0 Å². The van der Waals surface area contributed by atoms with Gasteiger partial charge in [-0.15, -0.1) is 0 Å². The fraction of sp³-hybridized carbons (Fsp3) is 0.400. The van der Waals surface area contributed by atoms with Crippen molar-refractivity contribution >= 4 is 12.0 Å². The summed E-state index contributed by atoms with van der Waals surface area (Å²) in [6.45, 7) is 0.894. The first-order chi connectivity index (χ1) is 9.24. The van der Waals surface area contributed by atoms with Crippen molar-refractivity contribution in [1.29, 1.82) is 0 Å². The molecular formula is C15H18N2O2. The number of carboxylic acids is 1. The highest BCUT2D eigenvalue weighted by atomic mass is 16.4. The molecule has 1 unspecified atom stereocenters. The minimum absolute atomic E-state index is 0.279. The van der Waals surface area contributed by atoms with Gasteiger partial charge in [-0.2, -0.15) is 0 Å². The summed E-state index contributed by atoms with van der Waals surface area (Å²) in [6, 6.07) is 4.61. The number of hydrogen-bond acceptors (Lipinski definition) is 2. The van der Waals surface area contributed by atoms with Crippen LogP contribution in [0.4, 0.5) is 0 Å². The van der Waals surface area contributed by atoms with Crippen molar-refractivity contribution in [2.75, 3.05) is 0 Å². The molecule has 0 aliphatic carbocycles. The van der Waals surface area contributed by atoms with E-state index in [1.54, 1.807) is 0 Å². The summed E-state index contributed by atoms with van der Waals surface area (Å²) in [7, 11) is 0. The van der Waals surface area contributed by atoms with Gasteiger partial charge in [0.15, 0.2) is 0 Å². The molecule has 0 fully saturated rings. The van der Waals surface area contributed by atoms with E-state index >= 15 is 0 Å². The molecule has 0 spiro atoms. The highest BCUT2D eigenvalue weighted by Gasteiger charge is 2.25. The lowest BCUT2D eigenvalue weighted by Crippen LogP contribution is -2.33. The van der Waals surface area contributed by atoms with E-state index in [4.69, 9.17) is 5.11 Å². The molecule has 100 valence electrons. The Morgan fingerprint density at radius 3 is 3.16 bits per heavy atom. The van der Waals surface area contributed by atoms with E-state index in [1.165, 1.54) is 11.4 Å². The third-order valence-electron chi connectivity index (χ3n) is 3.83. The lowest BCUT2D eigenvalue weighted by atomic mass is 10.1. The normalized spacial score (nSPS) is 20.1. The van der Waals surface area contributed by atoms with E-state index in [-0.39, 0.29) is 6.42 Å². The Labute approximate surface area is 112 Å². The van der Waals surface area contributed by atoms with Crippen LogP contribution >= 0.6 is 0 Å². The molecule has 1 N–H and O–H groups in total. The number of allylic oxidation sites excluding steroid dienone is 1. The molecule has 19 heavy (non-hydrogen) atoms. The highest BCUT2D eigenvalue weighted by molar-refractivity contribution is 5.66. The molecule has 0 saturated carbocycles. The lowest BCUT2D eigenvalue weighted by Gasteiger charge is -2.32. The molecule has 2 aliphatic heterocycles. The van der Waals surface area contributed by atoms with Crippen LogP contribution in [0.3, 0.4) is 0 Å². The number of rotatable bonds is 5. The molecule has 3 rings (SSSR count). The number of carboxylic acid groups (broad SMARTS) is 1. The van der Waals surface area contributed by atoms with Crippen LogP contribution in [0.25, 0.3) is 6.08 Å². The van der Waals surface area contributed by atoms with Gasteiger partial charge in [0, 0.05) is 30.1 Å². The average molecular weight is 258 g/mol. The van der Waals surface area contributed by atoms with Crippen molar-refractivity contribution in [2.45, 2.75) is 38.4 Å². The third kappa shape index (κ3) is 2.43. The zero-order valence-electron chi connectivity index (χ0n) is 10.8. The Morgan fingerprint density at radius 1 is 1.42 bits per heavy atom. The fourth-order valence-electron chi connectivity index (χ4n) is 2.80. The van der Waals surface area contributed by atoms with Gasteiger partial charge in [-0.25, -0.2) is 0 Å². The van der Waals surface area contributed by atoms with Crippen LogP contribution in [-0.2, 0) is 11.5 Å². The molecule has 0 saturated heterocycles. The number of carbonyl (C=O) groups is 1.